The van der Waals surface area contributed by atoms with Crippen LogP contribution in [0.25, 0.3) is 0 Å². The van der Waals surface area contributed by atoms with Gasteiger partial charge in [-0.15, -0.1) is 12.4 Å². The van der Waals surface area contributed by atoms with Crippen molar-refractivity contribution in [2.24, 2.45) is 5.92 Å². The molecule has 1 amide bonds. The van der Waals surface area contributed by atoms with Gasteiger partial charge in [-0.25, -0.2) is 0 Å². The van der Waals surface area contributed by atoms with Crippen LogP contribution in [-0.2, 0) is 16.0 Å². The molecule has 1 N–H and O–H groups in total. The molecule has 0 atom stereocenters. The molecule has 1 aromatic carbocycles. The highest BCUT2D eigenvalue weighted by molar-refractivity contribution is 5.98. The fourth-order valence-electron chi connectivity index (χ4n) is 2.90. The lowest BCUT2D eigenvalue weighted by Crippen LogP contribution is -2.39. The minimum absolute atomic E-state index is 0. The molecule has 1 aliphatic rings. The van der Waals surface area contributed by atoms with Gasteiger partial charge in [-0.1, -0.05) is 19.9 Å². The van der Waals surface area contributed by atoms with Crippen molar-refractivity contribution in [2.75, 3.05) is 31.6 Å². The predicted octanol–water partition coefficient (Wildman–Crippen LogP) is 3.13. The molecule has 0 saturated heterocycles. The summed E-state index contributed by atoms with van der Waals surface area (Å²) in [6, 6.07) is 5.75. The standard InChI is InChI=1S/C18H26N2O3.ClH/c1-4-23-17(21)12-20(11-13(2)3)18(22)15-7-5-9-16-14(15)8-6-10-19-16;/h5,7,9,13,19H,4,6,8,10-12H2,1-3H3;1H. The molecule has 0 aromatic heterocycles. The fourth-order valence-corrected chi connectivity index (χ4v) is 2.90. The second-order valence-electron chi connectivity index (χ2n) is 6.25. The van der Waals surface area contributed by atoms with Gasteiger partial charge < -0.3 is 15.0 Å². The van der Waals surface area contributed by atoms with Gasteiger partial charge in [0.15, 0.2) is 0 Å². The molecule has 24 heavy (non-hydrogen) atoms. The van der Waals surface area contributed by atoms with Crippen molar-refractivity contribution in [1.29, 1.82) is 0 Å². The Hall–Kier alpha value is -1.75. The van der Waals surface area contributed by atoms with Crippen molar-refractivity contribution < 1.29 is 14.3 Å². The lowest BCUT2D eigenvalue weighted by Gasteiger charge is -2.27. The molecule has 0 radical (unpaired) electrons. The van der Waals surface area contributed by atoms with Gasteiger partial charge in [-0.05, 0) is 43.4 Å². The number of carbonyl (C=O) groups is 2. The van der Waals surface area contributed by atoms with Gasteiger partial charge in [-0.3, -0.25) is 9.59 Å². The third-order valence-electron chi connectivity index (χ3n) is 3.82. The van der Waals surface area contributed by atoms with Crippen LogP contribution in [0.3, 0.4) is 0 Å². The maximum atomic E-state index is 13.0. The van der Waals surface area contributed by atoms with E-state index in [0.717, 1.165) is 30.6 Å². The summed E-state index contributed by atoms with van der Waals surface area (Å²) in [5.41, 5.74) is 2.78. The summed E-state index contributed by atoms with van der Waals surface area (Å²) in [6.45, 7) is 7.64. The first-order chi connectivity index (χ1) is 11.0. The maximum Gasteiger partial charge on any atom is 0.325 e. The van der Waals surface area contributed by atoms with E-state index in [2.05, 4.69) is 5.32 Å². The van der Waals surface area contributed by atoms with Gasteiger partial charge in [-0.2, -0.15) is 0 Å². The Kier molecular flexibility index (Phi) is 8.05. The predicted molar refractivity (Wildman–Crippen MR) is 97.9 cm³/mol. The highest BCUT2D eigenvalue weighted by Gasteiger charge is 2.24. The third kappa shape index (κ3) is 5.13. The number of ether oxygens (including phenoxy) is 1. The van der Waals surface area contributed by atoms with Gasteiger partial charge in [0.2, 0.25) is 0 Å². The average molecular weight is 355 g/mol. The van der Waals surface area contributed by atoms with E-state index in [1.165, 1.54) is 0 Å². The zero-order chi connectivity index (χ0) is 16.8. The molecule has 1 aromatic rings. The van der Waals surface area contributed by atoms with Gasteiger partial charge in [0.25, 0.3) is 5.91 Å². The van der Waals surface area contributed by atoms with Crippen molar-refractivity contribution in [1.82, 2.24) is 4.90 Å². The van der Waals surface area contributed by atoms with Crippen molar-refractivity contribution in [3.05, 3.63) is 29.3 Å². The lowest BCUT2D eigenvalue weighted by molar-refractivity contribution is -0.143. The number of nitrogens with zero attached hydrogens (tertiary/aromatic N) is 1. The van der Waals surface area contributed by atoms with E-state index >= 15 is 0 Å². The molecule has 5 nitrogen and oxygen atoms in total. The van der Waals surface area contributed by atoms with Crippen LogP contribution in [0, 0.1) is 5.92 Å². The zero-order valence-corrected chi connectivity index (χ0v) is 15.4. The van der Waals surface area contributed by atoms with Crippen molar-refractivity contribution in [3.8, 4) is 0 Å². The van der Waals surface area contributed by atoms with Gasteiger partial charge >= 0.3 is 5.97 Å². The number of benzene rings is 1. The van der Waals surface area contributed by atoms with Crippen LogP contribution in [0.1, 0.15) is 43.1 Å². The van der Waals surface area contributed by atoms with E-state index in [9.17, 15) is 9.59 Å². The number of hydrogen-bond acceptors (Lipinski definition) is 4. The summed E-state index contributed by atoms with van der Waals surface area (Å²) in [6.07, 6.45) is 1.90. The topological polar surface area (TPSA) is 58.6 Å². The molecule has 0 saturated carbocycles. The molecule has 134 valence electrons. The first-order valence-corrected chi connectivity index (χ1v) is 8.33. The first-order valence-electron chi connectivity index (χ1n) is 8.33. The molecule has 0 spiro atoms. The lowest BCUT2D eigenvalue weighted by atomic mass is 9.96. The molecular weight excluding hydrogens is 328 g/mol. The SMILES string of the molecule is CCOC(=O)CN(CC(C)C)C(=O)c1cccc2c1CCCN2.Cl. The Labute approximate surface area is 150 Å². The quantitative estimate of drug-likeness (QED) is 0.797. The van der Waals surface area contributed by atoms with Crippen LogP contribution < -0.4 is 5.32 Å². The number of amides is 1. The summed E-state index contributed by atoms with van der Waals surface area (Å²) in [5, 5.41) is 3.34. The van der Waals surface area contributed by atoms with E-state index in [0.29, 0.717) is 18.7 Å². The molecule has 1 heterocycles. The molecule has 0 unspecified atom stereocenters. The van der Waals surface area contributed by atoms with E-state index < -0.39 is 0 Å². The smallest absolute Gasteiger partial charge is 0.325 e. The second-order valence-corrected chi connectivity index (χ2v) is 6.25. The van der Waals surface area contributed by atoms with Crippen molar-refractivity contribution >= 4 is 30.0 Å². The summed E-state index contributed by atoms with van der Waals surface area (Å²) < 4.78 is 5.01. The molecular formula is C18H27ClN2O3. The number of nitrogens with one attached hydrogen (secondary N) is 1. The number of esters is 1. The van der Waals surface area contributed by atoms with Crippen molar-refractivity contribution in [3.63, 3.8) is 0 Å². The zero-order valence-electron chi connectivity index (χ0n) is 14.6. The summed E-state index contributed by atoms with van der Waals surface area (Å²) >= 11 is 0. The normalized spacial score (nSPS) is 12.7. The molecule has 1 aliphatic heterocycles. The second kappa shape index (κ2) is 9.52. The summed E-state index contributed by atoms with van der Waals surface area (Å²) in [7, 11) is 0. The molecule has 0 aliphatic carbocycles. The van der Waals surface area contributed by atoms with Crippen LogP contribution in [-0.4, -0.2) is 43.0 Å². The van der Waals surface area contributed by atoms with Crippen molar-refractivity contribution in [2.45, 2.75) is 33.6 Å². The maximum absolute atomic E-state index is 13.0. The van der Waals surface area contributed by atoms with Gasteiger partial charge in [0.1, 0.15) is 6.54 Å². The number of anilines is 1. The van der Waals surface area contributed by atoms with Crippen LogP contribution in [0.2, 0.25) is 0 Å². The Balaban J connectivity index is 0.00000288. The van der Waals surface area contributed by atoms with Gasteiger partial charge in [0.05, 0.1) is 6.61 Å². The van der Waals surface area contributed by atoms with Crippen LogP contribution >= 0.6 is 12.4 Å². The Morgan fingerprint density at radius 1 is 1.33 bits per heavy atom. The molecule has 0 bridgehead atoms. The number of rotatable bonds is 6. The van der Waals surface area contributed by atoms with Crippen LogP contribution in [0.15, 0.2) is 18.2 Å². The van der Waals surface area contributed by atoms with E-state index in [1.807, 2.05) is 32.0 Å². The van der Waals surface area contributed by atoms with E-state index in [-0.39, 0.29) is 36.7 Å². The van der Waals surface area contributed by atoms with E-state index in [4.69, 9.17) is 4.74 Å². The number of hydrogen-bond donors (Lipinski definition) is 1. The third-order valence-corrected chi connectivity index (χ3v) is 3.82. The Morgan fingerprint density at radius 2 is 2.08 bits per heavy atom. The largest absolute Gasteiger partial charge is 0.465 e. The number of halogens is 1. The highest BCUT2D eigenvalue weighted by atomic mass is 35.5. The van der Waals surface area contributed by atoms with E-state index in [1.54, 1.807) is 11.8 Å². The van der Waals surface area contributed by atoms with Crippen LogP contribution in [0.5, 0.6) is 0 Å². The summed E-state index contributed by atoms with van der Waals surface area (Å²) in [5.74, 6) is -0.164. The average Bonchev–Trinajstić information content (AvgIpc) is 2.53. The molecule has 6 heteroatoms. The summed E-state index contributed by atoms with van der Waals surface area (Å²) in [4.78, 5) is 26.4. The van der Waals surface area contributed by atoms with Crippen LogP contribution in [0.4, 0.5) is 5.69 Å². The number of fused-ring (bicyclic) bond motifs is 1. The van der Waals surface area contributed by atoms with Gasteiger partial charge in [0, 0.05) is 24.3 Å². The fraction of sp³-hybridized carbons (Fsp3) is 0.556. The Morgan fingerprint density at radius 3 is 2.75 bits per heavy atom. The minimum atomic E-state index is -0.357. The Bertz CT molecular complexity index is 575. The monoisotopic (exact) mass is 354 g/mol. The number of carbonyl (C=O) groups excluding carboxylic acids is 2. The highest BCUT2D eigenvalue weighted by Crippen LogP contribution is 2.26. The molecule has 2 rings (SSSR count). The molecule has 0 fully saturated rings. The minimum Gasteiger partial charge on any atom is -0.465 e. The first kappa shape index (κ1) is 20.3.